The van der Waals surface area contributed by atoms with Crippen molar-refractivity contribution >= 4 is 5.97 Å². The fourth-order valence-corrected chi connectivity index (χ4v) is 1.21. The molecule has 23 heavy (non-hydrogen) atoms. The van der Waals surface area contributed by atoms with Gasteiger partial charge in [0.2, 0.25) is 0 Å². The Hall–Kier alpha value is -1.16. The van der Waals surface area contributed by atoms with Crippen LogP contribution in [0, 0.1) is 5.92 Å². The summed E-state index contributed by atoms with van der Waals surface area (Å²) >= 11 is 0. The molecule has 0 aromatic heterocycles. The summed E-state index contributed by atoms with van der Waals surface area (Å²) in [7, 11) is 0. The largest absolute Gasteiger partial charge is 0.459 e. The standard InChI is InChI=1S/C12H15F9O2/c1-3-7(2)8(22)23-6-11(17,18)9(13,14)4-5-10(15,16)12(19,20)21/h7H,3-6H2,1-2H3. The van der Waals surface area contributed by atoms with Crippen molar-refractivity contribution in [3.05, 3.63) is 0 Å². The van der Waals surface area contributed by atoms with E-state index in [4.69, 9.17) is 0 Å². The van der Waals surface area contributed by atoms with Gasteiger partial charge in [0.1, 0.15) is 0 Å². The van der Waals surface area contributed by atoms with Crippen LogP contribution in [-0.2, 0) is 9.53 Å². The van der Waals surface area contributed by atoms with Crippen LogP contribution in [0.3, 0.4) is 0 Å². The van der Waals surface area contributed by atoms with Gasteiger partial charge in [0, 0.05) is 12.8 Å². The number of ether oxygens (including phenoxy) is 1. The molecule has 0 saturated carbocycles. The van der Waals surface area contributed by atoms with Crippen LogP contribution in [0.5, 0.6) is 0 Å². The highest BCUT2D eigenvalue weighted by Crippen LogP contribution is 2.44. The van der Waals surface area contributed by atoms with E-state index in [1.807, 2.05) is 0 Å². The van der Waals surface area contributed by atoms with Crippen molar-refractivity contribution in [2.45, 2.75) is 57.1 Å². The lowest BCUT2D eigenvalue weighted by molar-refractivity contribution is -0.295. The number of carbonyl (C=O) groups is 1. The molecule has 1 unspecified atom stereocenters. The molecule has 0 aliphatic heterocycles. The maximum Gasteiger partial charge on any atom is 0.453 e. The smallest absolute Gasteiger partial charge is 0.453 e. The Morgan fingerprint density at radius 3 is 1.70 bits per heavy atom. The molecule has 0 amide bonds. The summed E-state index contributed by atoms with van der Waals surface area (Å²) in [5.74, 6) is -17.9. The topological polar surface area (TPSA) is 26.3 Å². The van der Waals surface area contributed by atoms with Crippen LogP contribution in [0.4, 0.5) is 39.5 Å². The maximum atomic E-state index is 13.2. The predicted molar refractivity (Wildman–Crippen MR) is 60.5 cm³/mol. The van der Waals surface area contributed by atoms with Gasteiger partial charge in [-0.15, -0.1) is 0 Å². The number of alkyl halides is 9. The normalized spacial score (nSPS) is 15.4. The fourth-order valence-electron chi connectivity index (χ4n) is 1.21. The van der Waals surface area contributed by atoms with E-state index in [0.717, 1.165) is 0 Å². The van der Waals surface area contributed by atoms with Crippen molar-refractivity contribution in [1.82, 2.24) is 0 Å². The number of carbonyl (C=O) groups excluding carboxylic acids is 1. The first-order chi connectivity index (χ1) is 10.1. The maximum absolute atomic E-state index is 13.2. The van der Waals surface area contributed by atoms with Crippen LogP contribution >= 0.6 is 0 Å². The molecule has 138 valence electrons. The number of hydrogen-bond donors (Lipinski definition) is 0. The molecule has 2 nitrogen and oxygen atoms in total. The van der Waals surface area contributed by atoms with Gasteiger partial charge in [-0.25, -0.2) is 0 Å². The number of hydrogen-bond acceptors (Lipinski definition) is 2. The average molecular weight is 362 g/mol. The zero-order chi connectivity index (χ0) is 18.7. The van der Waals surface area contributed by atoms with Crippen LogP contribution < -0.4 is 0 Å². The van der Waals surface area contributed by atoms with Crippen LogP contribution in [-0.4, -0.2) is 36.5 Å². The fraction of sp³-hybridized carbons (Fsp3) is 0.917. The summed E-state index contributed by atoms with van der Waals surface area (Å²) in [5.41, 5.74) is 0. The van der Waals surface area contributed by atoms with E-state index in [2.05, 4.69) is 4.74 Å². The first-order valence-corrected chi connectivity index (χ1v) is 6.44. The van der Waals surface area contributed by atoms with E-state index >= 15 is 0 Å². The molecule has 0 N–H and O–H groups in total. The molecule has 0 saturated heterocycles. The molecule has 0 spiro atoms. The second-order valence-electron chi connectivity index (χ2n) is 5.03. The van der Waals surface area contributed by atoms with Gasteiger partial charge < -0.3 is 4.74 Å². The Kier molecular flexibility index (Phi) is 6.80. The number of esters is 1. The van der Waals surface area contributed by atoms with Gasteiger partial charge in [0.15, 0.2) is 6.61 Å². The SMILES string of the molecule is CCC(C)C(=O)OCC(F)(F)C(F)(F)CCC(F)(F)C(F)(F)F. The lowest BCUT2D eigenvalue weighted by Gasteiger charge is -2.28. The minimum Gasteiger partial charge on any atom is -0.459 e. The Labute approximate surface area is 126 Å². The molecule has 1 atom stereocenters. The van der Waals surface area contributed by atoms with Gasteiger partial charge in [-0.3, -0.25) is 4.79 Å². The molecule has 0 aliphatic carbocycles. The van der Waals surface area contributed by atoms with Crippen molar-refractivity contribution in [3.8, 4) is 0 Å². The summed E-state index contributed by atoms with van der Waals surface area (Å²) in [6, 6.07) is 0. The molecule has 0 aromatic rings. The second-order valence-corrected chi connectivity index (χ2v) is 5.03. The lowest BCUT2D eigenvalue weighted by Crippen LogP contribution is -2.47. The van der Waals surface area contributed by atoms with Gasteiger partial charge in [0.05, 0.1) is 5.92 Å². The summed E-state index contributed by atoms with van der Waals surface area (Å²) in [4.78, 5) is 11.1. The van der Waals surface area contributed by atoms with Crippen LogP contribution in [0.15, 0.2) is 0 Å². The van der Waals surface area contributed by atoms with Crippen molar-refractivity contribution < 1.29 is 49.0 Å². The Morgan fingerprint density at radius 2 is 1.30 bits per heavy atom. The molecule has 0 fully saturated rings. The minimum atomic E-state index is -6.12. The number of halogens is 9. The highest BCUT2D eigenvalue weighted by molar-refractivity contribution is 5.71. The third-order valence-electron chi connectivity index (χ3n) is 3.11. The number of rotatable bonds is 8. The molecule has 11 heteroatoms. The molecular formula is C12H15F9O2. The van der Waals surface area contributed by atoms with Gasteiger partial charge in [-0.05, 0) is 6.42 Å². The van der Waals surface area contributed by atoms with Crippen molar-refractivity contribution in [2.75, 3.05) is 6.61 Å². The molecule has 0 bridgehead atoms. The zero-order valence-electron chi connectivity index (χ0n) is 12.1. The summed E-state index contributed by atoms with van der Waals surface area (Å²) in [6.07, 6.45) is -10.9. The van der Waals surface area contributed by atoms with Crippen molar-refractivity contribution in [1.29, 1.82) is 0 Å². The Morgan fingerprint density at radius 1 is 0.870 bits per heavy atom. The minimum absolute atomic E-state index is 0.179. The van der Waals surface area contributed by atoms with Crippen molar-refractivity contribution in [2.24, 2.45) is 5.92 Å². The van der Waals surface area contributed by atoms with Gasteiger partial charge in [0.25, 0.3) is 0 Å². The third kappa shape index (κ3) is 5.76. The zero-order valence-corrected chi connectivity index (χ0v) is 12.1. The van der Waals surface area contributed by atoms with Gasteiger partial charge in [-0.1, -0.05) is 13.8 Å². The van der Waals surface area contributed by atoms with Crippen LogP contribution in [0.2, 0.25) is 0 Å². The van der Waals surface area contributed by atoms with Gasteiger partial charge in [-0.2, -0.15) is 39.5 Å². The van der Waals surface area contributed by atoms with Crippen LogP contribution in [0.25, 0.3) is 0 Å². The Balaban J connectivity index is 4.81. The highest BCUT2D eigenvalue weighted by Gasteiger charge is 2.62. The lowest BCUT2D eigenvalue weighted by atomic mass is 10.0. The quantitative estimate of drug-likeness (QED) is 0.457. The first kappa shape index (κ1) is 21.8. The van der Waals surface area contributed by atoms with E-state index in [0.29, 0.717) is 0 Å². The van der Waals surface area contributed by atoms with E-state index in [9.17, 15) is 44.3 Å². The summed E-state index contributed by atoms with van der Waals surface area (Å²) in [5, 5.41) is 0. The molecule has 0 radical (unpaired) electrons. The third-order valence-corrected chi connectivity index (χ3v) is 3.11. The van der Waals surface area contributed by atoms with Crippen molar-refractivity contribution in [3.63, 3.8) is 0 Å². The Bertz CT molecular complexity index is 404. The monoisotopic (exact) mass is 362 g/mol. The van der Waals surface area contributed by atoms with E-state index < -0.39 is 55.3 Å². The van der Waals surface area contributed by atoms with E-state index in [1.165, 1.54) is 13.8 Å². The molecular weight excluding hydrogens is 347 g/mol. The first-order valence-electron chi connectivity index (χ1n) is 6.44. The molecule has 0 aromatic carbocycles. The second kappa shape index (κ2) is 7.16. The van der Waals surface area contributed by atoms with Crippen LogP contribution in [0.1, 0.15) is 33.1 Å². The predicted octanol–water partition coefficient (Wildman–Crippen LogP) is 4.82. The average Bonchev–Trinajstić information content (AvgIpc) is 2.40. The van der Waals surface area contributed by atoms with Gasteiger partial charge >= 0.3 is 29.9 Å². The van der Waals surface area contributed by atoms with E-state index in [-0.39, 0.29) is 6.42 Å². The molecule has 0 rings (SSSR count). The molecule has 0 heterocycles. The summed E-state index contributed by atoms with van der Waals surface area (Å²) < 4.78 is 117. The van der Waals surface area contributed by atoms with E-state index in [1.54, 1.807) is 0 Å². The summed E-state index contributed by atoms with van der Waals surface area (Å²) in [6.45, 7) is 0.668. The highest BCUT2D eigenvalue weighted by atomic mass is 19.4. The molecule has 0 aliphatic rings.